The molecule has 0 aliphatic heterocycles. The third-order valence-corrected chi connectivity index (χ3v) is 4.12. The Labute approximate surface area is 113 Å². The first-order chi connectivity index (χ1) is 8.61. The van der Waals surface area contributed by atoms with E-state index >= 15 is 0 Å². The molecule has 0 aromatic heterocycles. The van der Waals surface area contributed by atoms with Gasteiger partial charge in [-0.25, -0.2) is 0 Å². The second-order valence-corrected chi connectivity index (χ2v) is 5.58. The van der Waals surface area contributed by atoms with Gasteiger partial charge in [-0.1, -0.05) is 31.4 Å². The molecule has 3 heteroatoms. The van der Waals surface area contributed by atoms with Crippen molar-refractivity contribution in [2.24, 2.45) is 11.8 Å². The van der Waals surface area contributed by atoms with E-state index in [-0.39, 0.29) is 11.7 Å². The maximum absolute atomic E-state index is 12.4. The van der Waals surface area contributed by atoms with Crippen LogP contribution in [0.15, 0.2) is 18.2 Å². The highest BCUT2D eigenvalue weighted by atomic mass is 35.5. The largest absolute Gasteiger partial charge is 0.495 e. The van der Waals surface area contributed by atoms with E-state index in [4.69, 9.17) is 16.3 Å². The van der Waals surface area contributed by atoms with Crippen LogP contribution in [0.2, 0.25) is 5.02 Å². The maximum atomic E-state index is 12.4. The monoisotopic (exact) mass is 266 g/mol. The van der Waals surface area contributed by atoms with Crippen LogP contribution in [0.5, 0.6) is 5.75 Å². The van der Waals surface area contributed by atoms with E-state index in [1.807, 2.05) is 6.07 Å². The third kappa shape index (κ3) is 2.86. The van der Waals surface area contributed by atoms with Crippen molar-refractivity contribution in [3.05, 3.63) is 28.8 Å². The fourth-order valence-electron chi connectivity index (χ4n) is 2.58. The molecule has 1 aromatic rings. The summed E-state index contributed by atoms with van der Waals surface area (Å²) >= 11 is 6.06. The van der Waals surface area contributed by atoms with Gasteiger partial charge in [0, 0.05) is 11.5 Å². The smallest absolute Gasteiger partial charge is 0.165 e. The number of hydrogen-bond acceptors (Lipinski definition) is 2. The third-order valence-electron chi connectivity index (χ3n) is 3.82. The van der Waals surface area contributed by atoms with Crippen LogP contribution < -0.4 is 4.74 Å². The molecule has 98 valence electrons. The van der Waals surface area contributed by atoms with Gasteiger partial charge >= 0.3 is 0 Å². The molecule has 2 nitrogen and oxygen atoms in total. The number of Topliss-reactive ketones (excluding diaryl/α,β-unsaturated/α-hetero) is 1. The number of benzene rings is 1. The average Bonchev–Trinajstić information content (AvgIpc) is 2.38. The van der Waals surface area contributed by atoms with Gasteiger partial charge in [-0.15, -0.1) is 0 Å². The van der Waals surface area contributed by atoms with Crippen molar-refractivity contribution in [3.8, 4) is 5.75 Å². The van der Waals surface area contributed by atoms with E-state index < -0.39 is 0 Å². The van der Waals surface area contributed by atoms with Crippen LogP contribution in [0, 0.1) is 11.8 Å². The summed E-state index contributed by atoms with van der Waals surface area (Å²) < 4.78 is 5.10. The lowest BCUT2D eigenvalue weighted by molar-refractivity contribution is 0.0875. The fourth-order valence-corrected chi connectivity index (χ4v) is 2.84. The van der Waals surface area contributed by atoms with Crippen LogP contribution in [0.25, 0.3) is 0 Å². The Morgan fingerprint density at radius 1 is 1.28 bits per heavy atom. The number of hydrogen-bond donors (Lipinski definition) is 0. The SMILES string of the molecule is COc1ccc(C(=O)C2CCC(C)CC2)cc1Cl. The van der Waals surface area contributed by atoms with Crippen LogP contribution in [0.4, 0.5) is 0 Å². The topological polar surface area (TPSA) is 26.3 Å². The van der Waals surface area contributed by atoms with E-state index in [1.54, 1.807) is 19.2 Å². The van der Waals surface area contributed by atoms with E-state index in [0.29, 0.717) is 16.3 Å². The first-order valence-corrected chi connectivity index (χ1v) is 6.87. The second kappa shape index (κ2) is 5.75. The van der Waals surface area contributed by atoms with Crippen LogP contribution in [0.3, 0.4) is 0 Å². The standard InChI is InChI=1S/C15H19ClO2/c1-10-3-5-11(6-4-10)15(17)12-7-8-14(18-2)13(16)9-12/h7-11H,3-6H2,1-2H3. The minimum absolute atomic E-state index is 0.172. The van der Waals surface area contributed by atoms with Gasteiger partial charge in [-0.05, 0) is 37.0 Å². The lowest BCUT2D eigenvalue weighted by atomic mass is 9.79. The molecule has 1 aliphatic rings. The predicted octanol–water partition coefficient (Wildman–Crippen LogP) is 4.36. The van der Waals surface area contributed by atoms with Crippen molar-refractivity contribution in [3.63, 3.8) is 0 Å². The van der Waals surface area contributed by atoms with Crippen LogP contribution in [-0.2, 0) is 0 Å². The van der Waals surface area contributed by atoms with Gasteiger partial charge in [-0.2, -0.15) is 0 Å². The van der Waals surface area contributed by atoms with Crippen molar-refractivity contribution < 1.29 is 9.53 Å². The number of rotatable bonds is 3. The molecule has 0 heterocycles. The van der Waals surface area contributed by atoms with Crippen molar-refractivity contribution in [2.75, 3.05) is 7.11 Å². The Morgan fingerprint density at radius 2 is 1.94 bits per heavy atom. The Hall–Kier alpha value is -1.02. The van der Waals surface area contributed by atoms with Gasteiger partial charge in [0.15, 0.2) is 5.78 Å². The minimum Gasteiger partial charge on any atom is -0.495 e. The summed E-state index contributed by atoms with van der Waals surface area (Å²) in [5.74, 6) is 1.77. The lowest BCUT2D eigenvalue weighted by Gasteiger charge is -2.25. The van der Waals surface area contributed by atoms with Gasteiger partial charge in [0.2, 0.25) is 0 Å². The van der Waals surface area contributed by atoms with Crippen molar-refractivity contribution in [1.82, 2.24) is 0 Å². The summed E-state index contributed by atoms with van der Waals surface area (Å²) in [6, 6.07) is 5.30. The second-order valence-electron chi connectivity index (χ2n) is 5.17. The minimum atomic E-state index is 0.172. The number of halogens is 1. The lowest BCUT2D eigenvalue weighted by Crippen LogP contribution is -2.20. The fraction of sp³-hybridized carbons (Fsp3) is 0.533. The molecule has 1 aliphatic carbocycles. The quantitative estimate of drug-likeness (QED) is 0.760. The maximum Gasteiger partial charge on any atom is 0.165 e. The predicted molar refractivity (Wildman–Crippen MR) is 73.5 cm³/mol. The van der Waals surface area contributed by atoms with Crippen LogP contribution in [-0.4, -0.2) is 12.9 Å². The molecular formula is C15H19ClO2. The van der Waals surface area contributed by atoms with Crippen molar-refractivity contribution in [1.29, 1.82) is 0 Å². The van der Waals surface area contributed by atoms with E-state index in [0.717, 1.165) is 31.6 Å². The van der Waals surface area contributed by atoms with Crippen molar-refractivity contribution >= 4 is 17.4 Å². The Balaban J connectivity index is 2.11. The summed E-state index contributed by atoms with van der Waals surface area (Å²) in [5, 5.41) is 0.507. The Bertz CT molecular complexity index is 434. The molecule has 1 fully saturated rings. The van der Waals surface area contributed by atoms with Crippen LogP contribution in [0.1, 0.15) is 43.0 Å². The zero-order chi connectivity index (χ0) is 13.1. The number of ether oxygens (including phenoxy) is 1. The molecule has 1 aromatic carbocycles. The highest BCUT2D eigenvalue weighted by Crippen LogP contribution is 2.32. The highest BCUT2D eigenvalue weighted by Gasteiger charge is 2.25. The number of ketones is 1. The van der Waals surface area contributed by atoms with E-state index in [2.05, 4.69) is 6.92 Å². The molecule has 0 unspecified atom stereocenters. The average molecular weight is 267 g/mol. The highest BCUT2D eigenvalue weighted by molar-refractivity contribution is 6.32. The molecule has 0 atom stereocenters. The van der Waals surface area contributed by atoms with Gasteiger partial charge in [0.05, 0.1) is 12.1 Å². The zero-order valence-corrected chi connectivity index (χ0v) is 11.7. The molecule has 0 N–H and O–H groups in total. The molecule has 2 rings (SSSR count). The normalized spacial score (nSPS) is 23.7. The Morgan fingerprint density at radius 3 is 2.50 bits per heavy atom. The summed E-state index contributed by atoms with van der Waals surface area (Å²) in [6.45, 7) is 2.25. The summed E-state index contributed by atoms with van der Waals surface area (Å²) in [5.41, 5.74) is 0.709. The zero-order valence-electron chi connectivity index (χ0n) is 10.9. The summed E-state index contributed by atoms with van der Waals surface area (Å²) in [6.07, 6.45) is 4.31. The molecule has 0 bridgehead atoms. The van der Waals surface area contributed by atoms with E-state index in [1.165, 1.54) is 0 Å². The van der Waals surface area contributed by atoms with Gasteiger partial charge in [-0.3, -0.25) is 4.79 Å². The van der Waals surface area contributed by atoms with Gasteiger partial charge < -0.3 is 4.74 Å². The molecule has 0 radical (unpaired) electrons. The first kappa shape index (κ1) is 13.4. The Kier molecular flexibility index (Phi) is 4.28. The van der Waals surface area contributed by atoms with E-state index in [9.17, 15) is 4.79 Å². The molecule has 18 heavy (non-hydrogen) atoms. The molecule has 1 saturated carbocycles. The number of methoxy groups -OCH3 is 1. The van der Waals surface area contributed by atoms with Gasteiger partial charge in [0.1, 0.15) is 5.75 Å². The number of carbonyl (C=O) groups excluding carboxylic acids is 1. The summed E-state index contributed by atoms with van der Waals surface area (Å²) in [7, 11) is 1.57. The first-order valence-electron chi connectivity index (χ1n) is 6.49. The molecular weight excluding hydrogens is 248 g/mol. The molecule has 0 spiro atoms. The molecule has 0 saturated heterocycles. The summed E-state index contributed by atoms with van der Waals surface area (Å²) in [4.78, 5) is 12.4. The number of carbonyl (C=O) groups is 1. The van der Waals surface area contributed by atoms with Crippen molar-refractivity contribution in [2.45, 2.75) is 32.6 Å². The molecule has 0 amide bonds. The van der Waals surface area contributed by atoms with Gasteiger partial charge in [0.25, 0.3) is 0 Å². The van der Waals surface area contributed by atoms with Crippen LogP contribution >= 0.6 is 11.6 Å².